The molecule has 5 heteroatoms. The first kappa shape index (κ1) is 14.5. The first-order chi connectivity index (χ1) is 7.75. The second-order valence-corrected chi connectivity index (χ2v) is 7.09. The molecule has 0 amide bonds. The molecule has 3 nitrogen and oxygen atoms in total. The highest BCUT2D eigenvalue weighted by Gasteiger charge is 2.23. The molecule has 1 unspecified atom stereocenters. The Morgan fingerprint density at radius 1 is 1.35 bits per heavy atom. The zero-order chi connectivity index (χ0) is 13.2. The van der Waals surface area contributed by atoms with Crippen LogP contribution >= 0.6 is 11.6 Å². The molecule has 0 N–H and O–H groups in total. The lowest BCUT2D eigenvalue weighted by Crippen LogP contribution is -2.31. The molecule has 0 aromatic heterocycles. The maximum Gasteiger partial charge on any atom is 0.243 e. The number of nitrogens with zero attached hydrogens (tertiary/aromatic N) is 1. The van der Waals surface area contributed by atoms with Gasteiger partial charge in [0.2, 0.25) is 10.0 Å². The van der Waals surface area contributed by atoms with E-state index in [9.17, 15) is 8.42 Å². The zero-order valence-electron chi connectivity index (χ0n) is 10.6. The zero-order valence-corrected chi connectivity index (χ0v) is 12.1. The fraction of sp³-hybridized carbons (Fsp3) is 0.500. The van der Waals surface area contributed by atoms with Gasteiger partial charge in [-0.25, -0.2) is 8.42 Å². The minimum Gasteiger partial charge on any atom is -0.207 e. The first-order valence-electron chi connectivity index (χ1n) is 5.43. The largest absolute Gasteiger partial charge is 0.243 e. The Bertz CT molecular complexity index is 497. The number of hydrogen-bond donors (Lipinski definition) is 0. The van der Waals surface area contributed by atoms with Crippen molar-refractivity contribution < 1.29 is 8.42 Å². The van der Waals surface area contributed by atoms with Crippen LogP contribution < -0.4 is 0 Å². The smallest absolute Gasteiger partial charge is 0.207 e. The van der Waals surface area contributed by atoms with Gasteiger partial charge in [-0.2, -0.15) is 4.31 Å². The van der Waals surface area contributed by atoms with Gasteiger partial charge in [-0.3, -0.25) is 0 Å². The molecule has 17 heavy (non-hydrogen) atoms. The van der Waals surface area contributed by atoms with Crippen LogP contribution in [0.5, 0.6) is 0 Å². The van der Waals surface area contributed by atoms with Crippen molar-refractivity contribution in [1.82, 2.24) is 4.31 Å². The summed E-state index contributed by atoms with van der Waals surface area (Å²) in [6, 6.07) is 5.32. The van der Waals surface area contributed by atoms with Gasteiger partial charge >= 0.3 is 0 Å². The van der Waals surface area contributed by atoms with Crippen molar-refractivity contribution in [3.8, 4) is 0 Å². The van der Waals surface area contributed by atoms with Gasteiger partial charge in [0.25, 0.3) is 0 Å². The number of aryl methyl sites for hydroxylation is 2. The highest BCUT2D eigenvalue weighted by atomic mass is 35.5. The molecule has 0 aliphatic heterocycles. The summed E-state index contributed by atoms with van der Waals surface area (Å²) < 4.78 is 25.8. The normalized spacial score (nSPS) is 14.0. The molecule has 0 aliphatic carbocycles. The molecule has 1 aromatic rings. The van der Waals surface area contributed by atoms with E-state index < -0.39 is 10.0 Å². The Labute approximate surface area is 108 Å². The molecule has 0 spiro atoms. The summed E-state index contributed by atoms with van der Waals surface area (Å²) in [5, 5.41) is -0.208. The Hall–Kier alpha value is -0.580. The van der Waals surface area contributed by atoms with E-state index in [-0.39, 0.29) is 5.38 Å². The fourth-order valence-electron chi connectivity index (χ4n) is 1.71. The van der Waals surface area contributed by atoms with Crippen LogP contribution in [0.2, 0.25) is 0 Å². The average molecular weight is 276 g/mol. The maximum absolute atomic E-state index is 12.3. The van der Waals surface area contributed by atoms with E-state index in [0.29, 0.717) is 11.4 Å². The van der Waals surface area contributed by atoms with E-state index in [4.69, 9.17) is 11.6 Å². The van der Waals surface area contributed by atoms with Gasteiger partial charge in [-0.1, -0.05) is 17.7 Å². The third-order valence-corrected chi connectivity index (χ3v) is 4.65. The number of rotatable bonds is 4. The van der Waals surface area contributed by atoms with E-state index in [1.807, 2.05) is 13.0 Å². The van der Waals surface area contributed by atoms with Crippen molar-refractivity contribution in [3.05, 3.63) is 29.3 Å². The van der Waals surface area contributed by atoms with Crippen LogP contribution in [0.15, 0.2) is 23.1 Å². The summed E-state index contributed by atoms with van der Waals surface area (Å²) in [5.74, 6) is 0. The van der Waals surface area contributed by atoms with Crippen molar-refractivity contribution in [3.63, 3.8) is 0 Å². The predicted octanol–water partition coefficient (Wildman–Crippen LogP) is 2.55. The summed E-state index contributed by atoms with van der Waals surface area (Å²) in [4.78, 5) is 0.350. The first-order valence-corrected chi connectivity index (χ1v) is 7.30. The van der Waals surface area contributed by atoms with Crippen molar-refractivity contribution in [2.75, 3.05) is 13.6 Å². The average Bonchev–Trinajstić information content (AvgIpc) is 2.15. The second-order valence-electron chi connectivity index (χ2n) is 4.34. The Kier molecular flexibility index (Phi) is 4.58. The molecular formula is C12H18ClNO2S. The van der Waals surface area contributed by atoms with Gasteiger partial charge in [0, 0.05) is 19.0 Å². The molecule has 0 bridgehead atoms. The molecule has 0 aliphatic rings. The number of halogens is 1. The Morgan fingerprint density at radius 2 is 1.94 bits per heavy atom. The predicted molar refractivity (Wildman–Crippen MR) is 71.0 cm³/mol. The van der Waals surface area contributed by atoms with Crippen molar-refractivity contribution in [1.29, 1.82) is 0 Å². The minimum atomic E-state index is -3.43. The van der Waals surface area contributed by atoms with Gasteiger partial charge in [0.05, 0.1) is 4.90 Å². The SMILES string of the molecule is Cc1ccc(S(=O)(=O)N(C)CC(C)Cl)c(C)c1. The van der Waals surface area contributed by atoms with Crippen LogP contribution in [0.3, 0.4) is 0 Å². The Balaban J connectivity index is 3.13. The Morgan fingerprint density at radius 3 is 2.41 bits per heavy atom. The van der Waals surface area contributed by atoms with Gasteiger partial charge < -0.3 is 0 Å². The van der Waals surface area contributed by atoms with E-state index in [2.05, 4.69) is 0 Å². The lowest BCUT2D eigenvalue weighted by Gasteiger charge is -2.19. The third-order valence-electron chi connectivity index (χ3n) is 2.53. The van der Waals surface area contributed by atoms with Gasteiger partial charge in [-0.15, -0.1) is 11.6 Å². The van der Waals surface area contributed by atoms with Crippen LogP contribution in [0.4, 0.5) is 0 Å². The van der Waals surface area contributed by atoms with Crippen LogP contribution in [-0.2, 0) is 10.0 Å². The van der Waals surface area contributed by atoms with Crippen LogP contribution in [0.25, 0.3) is 0 Å². The summed E-state index contributed by atoms with van der Waals surface area (Å²) in [5.41, 5.74) is 1.81. The van der Waals surface area contributed by atoms with E-state index >= 15 is 0 Å². The molecule has 1 atom stereocenters. The lowest BCUT2D eigenvalue weighted by atomic mass is 10.2. The highest BCUT2D eigenvalue weighted by molar-refractivity contribution is 7.89. The van der Waals surface area contributed by atoms with Crippen LogP contribution in [0.1, 0.15) is 18.1 Å². The molecule has 1 aromatic carbocycles. The van der Waals surface area contributed by atoms with Crippen molar-refractivity contribution in [2.24, 2.45) is 0 Å². The number of hydrogen-bond acceptors (Lipinski definition) is 2. The molecular weight excluding hydrogens is 258 g/mol. The van der Waals surface area contributed by atoms with Crippen LogP contribution in [-0.4, -0.2) is 31.7 Å². The second kappa shape index (κ2) is 5.38. The lowest BCUT2D eigenvalue weighted by molar-refractivity contribution is 0.470. The van der Waals surface area contributed by atoms with Gasteiger partial charge in [0.1, 0.15) is 0 Å². The molecule has 0 saturated carbocycles. The maximum atomic E-state index is 12.3. The monoisotopic (exact) mass is 275 g/mol. The minimum absolute atomic E-state index is 0.208. The summed E-state index contributed by atoms with van der Waals surface area (Å²) in [6.45, 7) is 5.82. The number of alkyl halides is 1. The number of benzene rings is 1. The molecule has 0 radical (unpaired) electrons. The quantitative estimate of drug-likeness (QED) is 0.792. The molecule has 0 fully saturated rings. The fourth-order valence-corrected chi connectivity index (χ4v) is 3.46. The standard InChI is InChI=1S/C12H18ClNO2S/c1-9-5-6-12(10(2)7-9)17(15,16)14(4)8-11(3)13/h5-7,11H,8H2,1-4H3. The third kappa shape index (κ3) is 3.44. The molecule has 96 valence electrons. The summed E-state index contributed by atoms with van der Waals surface area (Å²) >= 11 is 5.83. The molecule has 1 rings (SSSR count). The van der Waals surface area contributed by atoms with Crippen LogP contribution in [0, 0.1) is 13.8 Å². The molecule has 0 heterocycles. The highest BCUT2D eigenvalue weighted by Crippen LogP contribution is 2.20. The molecule has 0 saturated heterocycles. The van der Waals surface area contributed by atoms with E-state index in [1.54, 1.807) is 33.0 Å². The number of sulfonamides is 1. The van der Waals surface area contributed by atoms with Crippen molar-refractivity contribution in [2.45, 2.75) is 31.0 Å². The van der Waals surface area contributed by atoms with Crippen molar-refractivity contribution >= 4 is 21.6 Å². The van der Waals surface area contributed by atoms with Gasteiger partial charge in [-0.05, 0) is 32.4 Å². The van der Waals surface area contributed by atoms with E-state index in [1.165, 1.54) is 4.31 Å². The van der Waals surface area contributed by atoms with Gasteiger partial charge in [0.15, 0.2) is 0 Å². The summed E-state index contributed by atoms with van der Waals surface area (Å²) in [6.07, 6.45) is 0. The topological polar surface area (TPSA) is 37.4 Å². The summed E-state index contributed by atoms with van der Waals surface area (Å²) in [7, 11) is -1.88. The van der Waals surface area contributed by atoms with E-state index in [0.717, 1.165) is 11.1 Å².